The molecule has 19 heavy (non-hydrogen) atoms. The van der Waals surface area contributed by atoms with E-state index in [0.29, 0.717) is 13.0 Å². The van der Waals surface area contributed by atoms with Gasteiger partial charge in [-0.25, -0.2) is 0 Å². The highest BCUT2D eigenvalue weighted by molar-refractivity contribution is 6.05. The number of likely N-dealkylation sites (N-methyl/N-ethyl adjacent to an activating group) is 1. The number of primary amides is 1. The topological polar surface area (TPSA) is 92.5 Å². The Balaban J connectivity index is 2.73. The molecule has 0 bridgehead atoms. The summed E-state index contributed by atoms with van der Waals surface area (Å²) in [6.07, 6.45) is 0.546. The Morgan fingerprint density at radius 1 is 1.47 bits per heavy atom. The minimum Gasteiger partial charge on any atom is -0.368 e. The van der Waals surface area contributed by atoms with Gasteiger partial charge in [0.05, 0.1) is 11.0 Å². The minimum absolute atomic E-state index is 0.180. The molecule has 1 atom stereocenters. The normalized spacial score (nSPS) is 21.6. The van der Waals surface area contributed by atoms with E-state index in [-0.39, 0.29) is 24.8 Å². The van der Waals surface area contributed by atoms with E-state index < -0.39 is 16.9 Å². The lowest BCUT2D eigenvalue weighted by atomic mass is 9.92. The summed E-state index contributed by atoms with van der Waals surface area (Å²) in [5.41, 5.74) is 3.83. The molecule has 6 nitrogen and oxygen atoms in total. The van der Waals surface area contributed by atoms with Crippen molar-refractivity contribution in [2.75, 3.05) is 13.1 Å². The van der Waals surface area contributed by atoms with Gasteiger partial charge in [0.1, 0.15) is 0 Å². The van der Waals surface area contributed by atoms with Gasteiger partial charge in [-0.05, 0) is 19.9 Å². The fourth-order valence-electron chi connectivity index (χ4n) is 2.28. The van der Waals surface area contributed by atoms with Crippen LogP contribution in [-0.2, 0) is 14.4 Å². The molecule has 1 fully saturated rings. The molecular formula is C13H23N3O3. The van der Waals surface area contributed by atoms with Gasteiger partial charge in [-0.2, -0.15) is 0 Å². The van der Waals surface area contributed by atoms with Crippen LogP contribution in [0.15, 0.2) is 0 Å². The van der Waals surface area contributed by atoms with Crippen LogP contribution < -0.4 is 11.1 Å². The van der Waals surface area contributed by atoms with Gasteiger partial charge >= 0.3 is 0 Å². The van der Waals surface area contributed by atoms with Crippen molar-refractivity contribution in [3.63, 3.8) is 0 Å². The van der Waals surface area contributed by atoms with Crippen molar-refractivity contribution in [2.24, 2.45) is 11.1 Å². The van der Waals surface area contributed by atoms with Crippen LogP contribution in [0.1, 0.15) is 40.5 Å². The summed E-state index contributed by atoms with van der Waals surface area (Å²) in [6.45, 7) is 7.88. The number of likely N-dealkylation sites (tertiary alicyclic amines) is 1. The number of imide groups is 1. The zero-order valence-electron chi connectivity index (χ0n) is 12.1. The quantitative estimate of drug-likeness (QED) is 0.665. The number of hydrogen-bond donors (Lipinski definition) is 2. The maximum absolute atomic E-state index is 12.1. The molecule has 0 aliphatic carbocycles. The SMILES string of the molecule is CCNC(C)(CCN1C(=O)CC(C)(C)C1=O)C(N)=O. The summed E-state index contributed by atoms with van der Waals surface area (Å²) in [5, 5.41) is 3.01. The largest absolute Gasteiger partial charge is 0.368 e. The van der Waals surface area contributed by atoms with Crippen LogP contribution in [0.4, 0.5) is 0 Å². The summed E-state index contributed by atoms with van der Waals surface area (Å²) in [6, 6.07) is 0. The molecule has 3 N–H and O–H groups in total. The summed E-state index contributed by atoms with van der Waals surface area (Å²) in [4.78, 5) is 36.6. The average molecular weight is 269 g/mol. The number of rotatable bonds is 6. The number of carbonyl (C=O) groups excluding carboxylic acids is 3. The molecular weight excluding hydrogens is 246 g/mol. The van der Waals surface area contributed by atoms with E-state index in [0.717, 1.165) is 0 Å². The highest BCUT2D eigenvalue weighted by Crippen LogP contribution is 2.32. The van der Waals surface area contributed by atoms with Crippen molar-refractivity contribution < 1.29 is 14.4 Å². The van der Waals surface area contributed by atoms with Gasteiger partial charge in [0.25, 0.3) is 0 Å². The van der Waals surface area contributed by atoms with E-state index in [1.165, 1.54) is 4.90 Å². The minimum atomic E-state index is -0.901. The van der Waals surface area contributed by atoms with Crippen LogP contribution in [0, 0.1) is 5.41 Å². The number of nitrogens with one attached hydrogen (secondary N) is 1. The summed E-state index contributed by atoms with van der Waals surface area (Å²) < 4.78 is 0. The Labute approximate surface area is 113 Å². The van der Waals surface area contributed by atoms with Gasteiger partial charge in [-0.1, -0.05) is 20.8 Å². The van der Waals surface area contributed by atoms with Crippen molar-refractivity contribution in [3.05, 3.63) is 0 Å². The number of nitrogens with zero attached hydrogens (tertiary/aromatic N) is 1. The molecule has 0 aromatic rings. The molecule has 1 saturated heterocycles. The number of amides is 3. The smallest absolute Gasteiger partial charge is 0.237 e. The summed E-state index contributed by atoms with van der Waals surface area (Å²) >= 11 is 0. The van der Waals surface area contributed by atoms with Crippen LogP contribution >= 0.6 is 0 Å². The lowest BCUT2D eigenvalue weighted by molar-refractivity contribution is -0.141. The zero-order chi connectivity index (χ0) is 14.8. The summed E-state index contributed by atoms with van der Waals surface area (Å²) in [5.74, 6) is -0.841. The molecule has 0 spiro atoms. The molecule has 0 aromatic carbocycles. The van der Waals surface area contributed by atoms with Crippen LogP contribution in [0.5, 0.6) is 0 Å². The zero-order valence-corrected chi connectivity index (χ0v) is 12.1. The van der Waals surface area contributed by atoms with Crippen molar-refractivity contribution in [3.8, 4) is 0 Å². The molecule has 1 heterocycles. The number of carbonyl (C=O) groups is 3. The first-order chi connectivity index (χ1) is 8.64. The van der Waals surface area contributed by atoms with Gasteiger partial charge in [0.15, 0.2) is 0 Å². The second-order valence-corrected chi connectivity index (χ2v) is 5.89. The third-order valence-electron chi connectivity index (χ3n) is 3.66. The third-order valence-corrected chi connectivity index (χ3v) is 3.66. The molecule has 1 aliphatic heterocycles. The monoisotopic (exact) mass is 269 g/mol. The van der Waals surface area contributed by atoms with E-state index in [9.17, 15) is 14.4 Å². The lowest BCUT2D eigenvalue weighted by Crippen LogP contribution is -2.55. The Morgan fingerprint density at radius 3 is 2.42 bits per heavy atom. The number of nitrogens with two attached hydrogens (primary N) is 1. The first kappa shape index (κ1) is 15.6. The maximum Gasteiger partial charge on any atom is 0.237 e. The van der Waals surface area contributed by atoms with Crippen molar-refractivity contribution >= 4 is 17.7 Å². The van der Waals surface area contributed by atoms with E-state index in [1.807, 2.05) is 6.92 Å². The molecule has 108 valence electrons. The van der Waals surface area contributed by atoms with Crippen molar-refractivity contribution in [1.29, 1.82) is 0 Å². The van der Waals surface area contributed by atoms with E-state index >= 15 is 0 Å². The van der Waals surface area contributed by atoms with Crippen LogP contribution in [0.3, 0.4) is 0 Å². The van der Waals surface area contributed by atoms with E-state index in [4.69, 9.17) is 5.73 Å². The highest BCUT2D eigenvalue weighted by atomic mass is 16.2. The second-order valence-electron chi connectivity index (χ2n) is 5.89. The molecule has 0 radical (unpaired) electrons. The van der Waals surface area contributed by atoms with E-state index in [2.05, 4.69) is 5.32 Å². The van der Waals surface area contributed by atoms with Crippen LogP contribution in [-0.4, -0.2) is 41.2 Å². The first-order valence-electron chi connectivity index (χ1n) is 6.54. The Morgan fingerprint density at radius 2 is 2.05 bits per heavy atom. The molecule has 0 aromatic heterocycles. The standard InChI is InChI=1S/C13H23N3O3/c1-5-15-13(4,10(14)18)6-7-16-9(17)8-12(2,3)11(16)19/h15H,5-8H2,1-4H3,(H2,14,18). The molecule has 0 saturated carbocycles. The summed E-state index contributed by atoms with van der Waals surface area (Å²) in [7, 11) is 0. The third kappa shape index (κ3) is 3.12. The van der Waals surface area contributed by atoms with Crippen LogP contribution in [0.2, 0.25) is 0 Å². The Kier molecular flexibility index (Phi) is 4.35. The molecule has 1 rings (SSSR count). The van der Waals surface area contributed by atoms with Crippen LogP contribution in [0.25, 0.3) is 0 Å². The lowest BCUT2D eigenvalue weighted by Gasteiger charge is -2.29. The first-order valence-corrected chi connectivity index (χ1v) is 6.54. The number of hydrogen-bond acceptors (Lipinski definition) is 4. The Hall–Kier alpha value is -1.43. The van der Waals surface area contributed by atoms with Crippen molar-refractivity contribution in [2.45, 2.75) is 46.1 Å². The van der Waals surface area contributed by atoms with E-state index in [1.54, 1.807) is 20.8 Å². The maximum atomic E-state index is 12.1. The van der Waals surface area contributed by atoms with Gasteiger partial charge in [0.2, 0.25) is 17.7 Å². The fourth-order valence-corrected chi connectivity index (χ4v) is 2.28. The average Bonchev–Trinajstić information content (AvgIpc) is 2.46. The van der Waals surface area contributed by atoms with Crippen molar-refractivity contribution in [1.82, 2.24) is 10.2 Å². The molecule has 1 unspecified atom stereocenters. The molecule has 1 aliphatic rings. The van der Waals surface area contributed by atoms with Gasteiger partial charge < -0.3 is 11.1 Å². The second kappa shape index (κ2) is 5.28. The molecule has 6 heteroatoms. The predicted molar refractivity (Wildman–Crippen MR) is 71.0 cm³/mol. The molecule has 3 amide bonds. The van der Waals surface area contributed by atoms with Gasteiger partial charge in [0, 0.05) is 13.0 Å². The predicted octanol–water partition coefficient (Wildman–Crippen LogP) is 0.0151. The van der Waals surface area contributed by atoms with Gasteiger partial charge in [-0.15, -0.1) is 0 Å². The fraction of sp³-hybridized carbons (Fsp3) is 0.769. The Bertz CT molecular complexity index is 406. The van der Waals surface area contributed by atoms with Gasteiger partial charge in [-0.3, -0.25) is 19.3 Å². The highest BCUT2D eigenvalue weighted by Gasteiger charge is 2.45.